The lowest BCUT2D eigenvalue weighted by Crippen LogP contribution is -2.51. The Morgan fingerprint density at radius 2 is 1.97 bits per heavy atom. The van der Waals surface area contributed by atoms with Crippen LogP contribution in [0.1, 0.15) is 43.4 Å². The van der Waals surface area contributed by atoms with Crippen molar-refractivity contribution in [2.24, 2.45) is 12.8 Å². The monoisotopic (exact) mass is 517 g/mol. The van der Waals surface area contributed by atoms with E-state index in [4.69, 9.17) is 5.73 Å². The molecule has 1 aromatic heterocycles. The first-order valence-corrected chi connectivity index (χ1v) is 11.7. The highest BCUT2D eigenvalue weighted by atomic mass is 19.4. The molecule has 1 saturated heterocycles. The van der Waals surface area contributed by atoms with E-state index in [0.29, 0.717) is 43.5 Å². The van der Waals surface area contributed by atoms with Crippen LogP contribution >= 0.6 is 0 Å². The molecule has 2 heterocycles. The van der Waals surface area contributed by atoms with Gasteiger partial charge in [-0.2, -0.15) is 0 Å². The van der Waals surface area contributed by atoms with Crippen LogP contribution in [-0.4, -0.2) is 57.2 Å². The number of benzene rings is 1. The molecule has 1 aromatic carbocycles. The van der Waals surface area contributed by atoms with Crippen molar-refractivity contribution >= 4 is 17.7 Å². The summed E-state index contributed by atoms with van der Waals surface area (Å²) < 4.78 is 43.1. The van der Waals surface area contributed by atoms with Gasteiger partial charge in [-0.05, 0) is 49.3 Å². The van der Waals surface area contributed by atoms with E-state index in [2.05, 4.69) is 26.9 Å². The molecular weight excluding hydrogens is 491 g/mol. The molecule has 1 saturated carbocycles. The molecule has 1 aliphatic heterocycles. The topological polar surface area (TPSA) is 120 Å². The summed E-state index contributed by atoms with van der Waals surface area (Å²) in [6.07, 6.45) is 0.331. The molecule has 196 valence electrons. The summed E-state index contributed by atoms with van der Waals surface area (Å²) in [5.41, 5.74) is 5.49. The first-order valence-electron chi connectivity index (χ1n) is 11.7. The number of hydrogen-bond donors (Lipinski definition) is 2. The number of nitrogens with zero attached hydrogens (tertiary/aromatic N) is 3. The van der Waals surface area contributed by atoms with Crippen molar-refractivity contribution in [1.29, 1.82) is 0 Å². The fourth-order valence-electron chi connectivity index (χ4n) is 4.53. The maximum absolute atomic E-state index is 13.6. The minimum absolute atomic E-state index is 0.206. The Morgan fingerprint density at radius 1 is 1.27 bits per heavy atom. The molecule has 4 rings (SSSR count). The number of aryl methyl sites for hydroxylation is 1. The molecule has 37 heavy (non-hydrogen) atoms. The number of imidazole rings is 1. The van der Waals surface area contributed by atoms with E-state index in [1.54, 1.807) is 24.1 Å². The van der Waals surface area contributed by atoms with Crippen LogP contribution in [0.2, 0.25) is 0 Å². The molecule has 0 spiro atoms. The van der Waals surface area contributed by atoms with Crippen molar-refractivity contribution in [3.8, 4) is 17.6 Å². The van der Waals surface area contributed by atoms with Crippen LogP contribution in [0.5, 0.6) is 5.75 Å². The maximum atomic E-state index is 13.6. The Bertz CT molecular complexity index is 1240. The molecule has 0 bridgehead atoms. The molecule has 1 aliphatic carbocycles. The van der Waals surface area contributed by atoms with Gasteiger partial charge < -0.3 is 25.3 Å². The molecule has 0 unspecified atom stereocenters. The van der Waals surface area contributed by atoms with Gasteiger partial charge in [0, 0.05) is 19.8 Å². The van der Waals surface area contributed by atoms with Gasteiger partial charge in [0.2, 0.25) is 17.7 Å². The SMILES string of the molecule is Cn1cnc(C#C[C@H](CC(N)=O)NC(=O)[C@@H]2CCCN2C(=O)C2(c3ccc(OC(F)(F)F)cc3)CC2)c1. The van der Waals surface area contributed by atoms with Crippen molar-refractivity contribution in [3.05, 3.63) is 48.0 Å². The molecule has 3 amide bonds. The summed E-state index contributed by atoms with van der Waals surface area (Å²) in [4.78, 5) is 43.9. The molecule has 2 fully saturated rings. The Balaban J connectivity index is 1.46. The minimum atomic E-state index is -4.81. The molecule has 2 aromatic rings. The zero-order chi connectivity index (χ0) is 26.8. The number of primary amides is 1. The maximum Gasteiger partial charge on any atom is 0.573 e. The van der Waals surface area contributed by atoms with Crippen LogP contribution in [0.4, 0.5) is 13.2 Å². The molecule has 2 atom stereocenters. The van der Waals surface area contributed by atoms with Crippen LogP contribution in [0, 0.1) is 11.8 Å². The first-order chi connectivity index (χ1) is 17.5. The Morgan fingerprint density at radius 3 is 2.54 bits per heavy atom. The number of halogens is 3. The molecule has 3 N–H and O–H groups in total. The lowest BCUT2D eigenvalue weighted by Gasteiger charge is -2.29. The normalized spacial score (nSPS) is 18.9. The van der Waals surface area contributed by atoms with Crippen molar-refractivity contribution in [2.75, 3.05) is 6.54 Å². The Labute approximate surface area is 211 Å². The number of carbonyl (C=O) groups is 3. The van der Waals surface area contributed by atoms with Crippen LogP contribution in [0.15, 0.2) is 36.8 Å². The lowest BCUT2D eigenvalue weighted by molar-refractivity contribution is -0.274. The lowest BCUT2D eigenvalue weighted by atomic mass is 9.93. The van der Waals surface area contributed by atoms with Crippen molar-refractivity contribution in [2.45, 2.75) is 56.0 Å². The zero-order valence-electron chi connectivity index (χ0n) is 20.0. The molecule has 12 heteroatoms. The largest absolute Gasteiger partial charge is 0.573 e. The highest BCUT2D eigenvalue weighted by Gasteiger charge is 2.55. The van der Waals surface area contributed by atoms with E-state index >= 15 is 0 Å². The molecule has 2 aliphatic rings. The second-order valence-corrected chi connectivity index (χ2v) is 9.24. The van der Waals surface area contributed by atoms with E-state index in [0.717, 1.165) is 0 Å². The van der Waals surface area contributed by atoms with Crippen molar-refractivity contribution < 1.29 is 32.3 Å². The summed E-state index contributed by atoms with van der Waals surface area (Å²) in [5.74, 6) is 3.91. The number of carbonyl (C=O) groups excluding carboxylic acids is 3. The predicted molar refractivity (Wildman–Crippen MR) is 125 cm³/mol. The average Bonchev–Trinajstić information content (AvgIpc) is 3.27. The van der Waals surface area contributed by atoms with Gasteiger partial charge in [-0.3, -0.25) is 14.4 Å². The summed E-state index contributed by atoms with van der Waals surface area (Å²) in [5, 5.41) is 2.73. The standard InChI is InChI=1S/C25H26F3N5O4/c1-32-14-18(30-15-32)7-6-17(13-21(29)34)31-22(35)20-3-2-12-33(20)23(36)24(10-11-24)16-4-8-19(9-5-16)37-25(26,27)28/h4-5,8-9,14-15,17,20H,2-3,10-13H2,1H3,(H2,29,34)(H,31,35)/t17-,20+/m1/s1. The van der Waals surface area contributed by atoms with Crippen LogP contribution in [0.25, 0.3) is 0 Å². The van der Waals surface area contributed by atoms with Crippen molar-refractivity contribution in [1.82, 2.24) is 19.8 Å². The van der Waals surface area contributed by atoms with Crippen molar-refractivity contribution in [3.63, 3.8) is 0 Å². The van der Waals surface area contributed by atoms with Crippen LogP contribution in [0.3, 0.4) is 0 Å². The number of likely N-dealkylation sites (tertiary alicyclic amines) is 1. The summed E-state index contributed by atoms with van der Waals surface area (Å²) in [7, 11) is 1.78. The van der Waals surface area contributed by atoms with E-state index in [-0.39, 0.29) is 18.1 Å². The second-order valence-electron chi connectivity index (χ2n) is 9.24. The van der Waals surface area contributed by atoms with Crippen LogP contribution < -0.4 is 15.8 Å². The third kappa shape index (κ3) is 6.22. The number of rotatable bonds is 7. The number of amides is 3. The molecular formula is C25H26F3N5O4. The zero-order valence-corrected chi connectivity index (χ0v) is 20.0. The van der Waals surface area contributed by atoms with Crippen LogP contribution in [-0.2, 0) is 26.8 Å². The third-order valence-electron chi connectivity index (χ3n) is 6.42. The molecule has 9 nitrogen and oxygen atoms in total. The minimum Gasteiger partial charge on any atom is -0.406 e. The fraction of sp³-hybridized carbons (Fsp3) is 0.440. The number of alkyl halides is 3. The number of ether oxygens (including phenoxy) is 1. The highest BCUT2D eigenvalue weighted by Crippen LogP contribution is 2.50. The van der Waals surface area contributed by atoms with Gasteiger partial charge in [0.15, 0.2) is 0 Å². The fourth-order valence-corrected chi connectivity index (χ4v) is 4.53. The summed E-state index contributed by atoms with van der Waals surface area (Å²) in [6, 6.07) is 3.64. The van der Waals surface area contributed by atoms with Gasteiger partial charge in [-0.1, -0.05) is 18.1 Å². The molecule has 0 radical (unpaired) electrons. The van der Waals surface area contributed by atoms with E-state index in [9.17, 15) is 27.6 Å². The second kappa shape index (κ2) is 10.2. The van der Waals surface area contributed by atoms with E-state index in [1.165, 1.54) is 29.2 Å². The highest BCUT2D eigenvalue weighted by molar-refractivity contribution is 5.96. The predicted octanol–water partition coefficient (Wildman–Crippen LogP) is 1.75. The smallest absolute Gasteiger partial charge is 0.406 e. The van der Waals surface area contributed by atoms with Gasteiger partial charge in [-0.15, -0.1) is 13.2 Å². The van der Waals surface area contributed by atoms with Gasteiger partial charge in [0.25, 0.3) is 0 Å². The number of aromatic nitrogens is 2. The first kappa shape index (κ1) is 26.1. The van der Waals surface area contributed by atoms with E-state index in [1.807, 2.05) is 0 Å². The number of hydrogen-bond acceptors (Lipinski definition) is 5. The Hall–Kier alpha value is -4.01. The van der Waals surface area contributed by atoms with Gasteiger partial charge >= 0.3 is 6.36 Å². The van der Waals surface area contributed by atoms with Gasteiger partial charge in [0.05, 0.1) is 24.2 Å². The van der Waals surface area contributed by atoms with E-state index < -0.39 is 35.7 Å². The Kier molecular flexibility index (Phi) is 7.16. The van der Waals surface area contributed by atoms with Gasteiger partial charge in [-0.25, -0.2) is 4.98 Å². The summed E-state index contributed by atoms with van der Waals surface area (Å²) in [6.45, 7) is 0.369. The third-order valence-corrected chi connectivity index (χ3v) is 6.42. The van der Waals surface area contributed by atoms with Gasteiger partial charge in [0.1, 0.15) is 17.5 Å². The average molecular weight is 518 g/mol. The quantitative estimate of drug-likeness (QED) is 0.543. The summed E-state index contributed by atoms with van der Waals surface area (Å²) >= 11 is 0. The number of nitrogens with two attached hydrogens (primary N) is 1. The number of nitrogens with one attached hydrogen (secondary N) is 1.